The number of pyridine rings is 1. The van der Waals surface area contributed by atoms with E-state index < -0.39 is 0 Å². The lowest BCUT2D eigenvalue weighted by atomic mass is 10.1. The molecule has 1 aliphatic rings. The summed E-state index contributed by atoms with van der Waals surface area (Å²) >= 11 is 0. The van der Waals surface area contributed by atoms with E-state index in [1.54, 1.807) is 16.8 Å². The number of aromatic nitrogens is 3. The second-order valence-electron chi connectivity index (χ2n) is 8.34. The van der Waals surface area contributed by atoms with Gasteiger partial charge in [0.05, 0.1) is 11.4 Å². The third-order valence-electron chi connectivity index (χ3n) is 5.77. The fourth-order valence-corrected chi connectivity index (χ4v) is 3.93. The van der Waals surface area contributed by atoms with E-state index in [1.807, 2.05) is 18.5 Å². The monoisotopic (exact) mass is 449 g/mol. The predicted molar refractivity (Wildman–Crippen MR) is 131 cm³/mol. The zero-order valence-corrected chi connectivity index (χ0v) is 19.3. The zero-order valence-electron chi connectivity index (χ0n) is 19.3. The highest BCUT2D eigenvalue weighted by Gasteiger charge is 2.20. The fourth-order valence-electron chi connectivity index (χ4n) is 3.93. The molecule has 3 aromatic rings. The van der Waals surface area contributed by atoms with Crippen LogP contribution >= 0.6 is 0 Å². The van der Waals surface area contributed by atoms with Crippen molar-refractivity contribution in [3.8, 4) is 5.69 Å². The van der Waals surface area contributed by atoms with Crippen LogP contribution in [0.1, 0.15) is 31.0 Å². The summed E-state index contributed by atoms with van der Waals surface area (Å²) in [7, 11) is 0. The Morgan fingerprint density at radius 1 is 1.12 bits per heavy atom. The second kappa shape index (κ2) is 10.9. The molecule has 1 saturated heterocycles. The Morgan fingerprint density at radius 3 is 2.61 bits per heavy atom. The Morgan fingerprint density at radius 2 is 1.91 bits per heavy atom. The van der Waals surface area contributed by atoms with Gasteiger partial charge < -0.3 is 15.5 Å². The van der Waals surface area contributed by atoms with Gasteiger partial charge in [0, 0.05) is 51.0 Å². The third-order valence-corrected chi connectivity index (χ3v) is 5.77. The van der Waals surface area contributed by atoms with Gasteiger partial charge in [-0.1, -0.05) is 6.07 Å². The summed E-state index contributed by atoms with van der Waals surface area (Å²) in [4.78, 5) is 11.7. The van der Waals surface area contributed by atoms with Gasteiger partial charge in [-0.2, -0.15) is 5.10 Å². The molecule has 33 heavy (non-hydrogen) atoms. The van der Waals surface area contributed by atoms with Gasteiger partial charge in [-0.25, -0.2) is 14.1 Å². The van der Waals surface area contributed by atoms with E-state index in [-0.39, 0.29) is 5.82 Å². The summed E-state index contributed by atoms with van der Waals surface area (Å²) in [5.41, 5.74) is 2.98. The van der Waals surface area contributed by atoms with Crippen LogP contribution in [0.25, 0.3) is 5.69 Å². The molecule has 1 fully saturated rings. The van der Waals surface area contributed by atoms with Gasteiger partial charge in [0.2, 0.25) is 0 Å². The molecule has 174 valence electrons. The molecular weight excluding hydrogens is 417 g/mol. The molecule has 0 saturated carbocycles. The first-order chi connectivity index (χ1) is 16.1. The Kier molecular flexibility index (Phi) is 7.55. The maximum absolute atomic E-state index is 13.1. The van der Waals surface area contributed by atoms with Crippen LogP contribution in [0.4, 0.5) is 10.2 Å². The minimum atomic E-state index is -0.249. The van der Waals surface area contributed by atoms with Crippen molar-refractivity contribution in [3.05, 3.63) is 71.9 Å². The summed E-state index contributed by atoms with van der Waals surface area (Å²) in [6, 6.07) is 12.9. The summed E-state index contributed by atoms with van der Waals surface area (Å²) in [6.07, 6.45) is 6.65. The molecule has 8 heteroatoms. The van der Waals surface area contributed by atoms with Crippen molar-refractivity contribution in [1.29, 1.82) is 0 Å². The van der Waals surface area contributed by atoms with Crippen LogP contribution in [0, 0.1) is 12.7 Å². The number of anilines is 1. The van der Waals surface area contributed by atoms with Gasteiger partial charge in [0.25, 0.3) is 0 Å². The summed E-state index contributed by atoms with van der Waals surface area (Å²) < 4.78 is 14.9. The molecule has 3 heterocycles. The van der Waals surface area contributed by atoms with Crippen molar-refractivity contribution in [1.82, 2.24) is 25.4 Å². The highest BCUT2D eigenvalue weighted by atomic mass is 19.1. The van der Waals surface area contributed by atoms with Crippen LogP contribution in [0.5, 0.6) is 0 Å². The molecule has 7 nitrogen and oxygen atoms in total. The predicted octanol–water partition coefficient (Wildman–Crippen LogP) is 3.48. The Balaban J connectivity index is 1.27. The van der Waals surface area contributed by atoms with E-state index in [4.69, 9.17) is 4.99 Å². The molecule has 0 unspecified atom stereocenters. The molecule has 4 rings (SSSR count). The maximum atomic E-state index is 13.1. The Bertz CT molecular complexity index is 1040. The van der Waals surface area contributed by atoms with Crippen molar-refractivity contribution >= 4 is 11.8 Å². The summed E-state index contributed by atoms with van der Waals surface area (Å²) in [5.74, 6) is 1.66. The van der Waals surface area contributed by atoms with Crippen molar-refractivity contribution < 1.29 is 4.39 Å². The topological polar surface area (TPSA) is 70.4 Å². The van der Waals surface area contributed by atoms with E-state index in [2.05, 4.69) is 51.6 Å². The number of aliphatic imine (C=N–C) groups is 1. The third kappa shape index (κ3) is 6.31. The van der Waals surface area contributed by atoms with Crippen LogP contribution in [0.15, 0.2) is 59.9 Å². The molecule has 0 atom stereocenters. The maximum Gasteiger partial charge on any atom is 0.191 e. The smallest absolute Gasteiger partial charge is 0.191 e. The zero-order chi connectivity index (χ0) is 23.0. The number of nitrogens with zero attached hydrogens (tertiary/aromatic N) is 5. The Labute approximate surface area is 194 Å². The molecule has 2 aromatic heterocycles. The molecule has 0 bridgehead atoms. The van der Waals surface area contributed by atoms with Crippen molar-refractivity contribution in [2.75, 3.05) is 31.1 Å². The standard InChI is InChI=1S/C25H32FN7/c1-3-27-25(30-21-11-15-32(16-12-21)24-9-4-19(2)18-29-24)28-14-10-22-13-17-33(31-22)23-7-5-20(26)6-8-23/h4-9,13,17-18,21H,3,10-12,14-16H2,1-2H3,(H2,27,28,30). The van der Waals surface area contributed by atoms with E-state index in [1.165, 1.54) is 17.7 Å². The van der Waals surface area contributed by atoms with Crippen molar-refractivity contribution in [2.24, 2.45) is 4.99 Å². The largest absolute Gasteiger partial charge is 0.357 e. The fraction of sp³-hybridized carbons (Fsp3) is 0.400. The van der Waals surface area contributed by atoms with Crippen LogP contribution < -0.4 is 15.5 Å². The van der Waals surface area contributed by atoms with Crippen molar-refractivity contribution in [3.63, 3.8) is 0 Å². The lowest BCUT2D eigenvalue weighted by molar-refractivity contribution is 0.459. The van der Waals surface area contributed by atoms with E-state index in [9.17, 15) is 4.39 Å². The number of halogens is 1. The number of hydrogen-bond acceptors (Lipinski definition) is 4. The molecule has 2 N–H and O–H groups in total. The molecule has 1 aliphatic heterocycles. The summed E-state index contributed by atoms with van der Waals surface area (Å²) in [5, 5.41) is 11.5. The lowest BCUT2D eigenvalue weighted by Gasteiger charge is -2.33. The second-order valence-corrected chi connectivity index (χ2v) is 8.34. The summed E-state index contributed by atoms with van der Waals surface area (Å²) in [6.45, 7) is 7.56. The number of aryl methyl sites for hydroxylation is 1. The normalized spacial score (nSPS) is 15.0. The quantitative estimate of drug-likeness (QED) is 0.427. The first kappa shape index (κ1) is 22.8. The van der Waals surface area contributed by atoms with E-state index in [0.717, 1.165) is 62.1 Å². The molecule has 0 aliphatic carbocycles. The van der Waals surface area contributed by atoms with Gasteiger partial charge in [0.1, 0.15) is 11.6 Å². The van der Waals surface area contributed by atoms with Gasteiger partial charge in [0.15, 0.2) is 5.96 Å². The number of guanidine groups is 1. The minimum absolute atomic E-state index is 0.249. The highest BCUT2D eigenvalue weighted by Crippen LogP contribution is 2.18. The highest BCUT2D eigenvalue weighted by molar-refractivity contribution is 5.80. The van der Waals surface area contributed by atoms with Gasteiger partial charge in [-0.3, -0.25) is 4.99 Å². The van der Waals surface area contributed by atoms with Crippen molar-refractivity contribution in [2.45, 2.75) is 39.2 Å². The first-order valence-electron chi connectivity index (χ1n) is 11.6. The van der Waals surface area contributed by atoms with Gasteiger partial charge in [-0.15, -0.1) is 0 Å². The number of rotatable bonds is 7. The van der Waals surface area contributed by atoms with Crippen LogP contribution in [0.2, 0.25) is 0 Å². The van der Waals surface area contributed by atoms with E-state index >= 15 is 0 Å². The molecule has 0 radical (unpaired) electrons. The lowest BCUT2D eigenvalue weighted by Crippen LogP contribution is -2.49. The van der Waals surface area contributed by atoms with Gasteiger partial charge in [-0.05, 0) is 68.7 Å². The van der Waals surface area contributed by atoms with Gasteiger partial charge >= 0.3 is 0 Å². The number of benzene rings is 1. The number of nitrogens with one attached hydrogen (secondary N) is 2. The molecular formula is C25H32FN7. The molecule has 1 aromatic carbocycles. The van der Waals surface area contributed by atoms with Crippen LogP contribution in [-0.2, 0) is 6.42 Å². The number of piperidine rings is 1. The average Bonchev–Trinajstić information content (AvgIpc) is 3.30. The molecule has 0 spiro atoms. The van der Waals surface area contributed by atoms with Crippen LogP contribution in [0.3, 0.4) is 0 Å². The van der Waals surface area contributed by atoms with E-state index in [0.29, 0.717) is 12.6 Å². The average molecular weight is 450 g/mol. The Hall–Kier alpha value is -3.42. The SMILES string of the molecule is CCNC(=NCCc1ccn(-c2ccc(F)cc2)n1)NC1CCN(c2ccc(C)cn2)CC1. The van der Waals surface area contributed by atoms with Crippen LogP contribution in [-0.4, -0.2) is 52.9 Å². The number of hydrogen-bond donors (Lipinski definition) is 2. The first-order valence-corrected chi connectivity index (χ1v) is 11.6. The molecule has 0 amide bonds. The minimum Gasteiger partial charge on any atom is -0.357 e.